The molecule has 0 spiro atoms. The quantitative estimate of drug-likeness (QED) is 0.259. The fourth-order valence-corrected chi connectivity index (χ4v) is 5.84. The first-order chi connectivity index (χ1) is 16.4. The van der Waals surface area contributed by atoms with Gasteiger partial charge in [-0.1, -0.05) is 13.0 Å². The van der Waals surface area contributed by atoms with Crippen LogP contribution in [0.5, 0.6) is 5.88 Å². The maximum absolute atomic E-state index is 13.4. The lowest BCUT2D eigenvalue weighted by atomic mass is 10.0. The molecule has 0 saturated heterocycles. The van der Waals surface area contributed by atoms with Gasteiger partial charge in [0.2, 0.25) is 5.88 Å². The van der Waals surface area contributed by atoms with E-state index in [9.17, 15) is 4.79 Å². The van der Waals surface area contributed by atoms with E-state index < -0.39 is 0 Å². The minimum absolute atomic E-state index is 0.0944. The Morgan fingerprint density at radius 1 is 1.15 bits per heavy atom. The van der Waals surface area contributed by atoms with Crippen molar-refractivity contribution in [2.24, 2.45) is 14.1 Å². The Morgan fingerprint density at radius 2 is 1.97 bits per heavy atom. The van der Waals surface area contributed by atoms with Gasteiger partial charge >= 0.3 is 0 Å². The predicted octanol–water partition coefficient (Wildman–Crippen LogP) is 4.16. The lowest BCUT2D eigenvalue weighted by molar-refractivity contribution is 0.0760. The fourth-order valence-electron chi connectivity index (χ4n) is 4.30. The van der Waals surface area contributed by atoms with E-state index in [1.54, 1.807) is 21.3 Å². The molecule has 4 heterocycles. The van der Waals surface area contributed by atoms with Crippen molar-refractivity contribution in [3.63, 3.8) is 0 Å². The van der Waals surface area contributed by atoms with Crippen molar-refractivity contribution in [1.82, 2.24) is 34.0 Å². The number of fused-ring (bicyclic) bond motifs is 4. The van der Waals surface area contributed by atoms with E-state index in [1.165, 1.54) is 0 Å². The van der Waals surface area contributed by atoms with Crippen LogP contribution < -0.4 is 4.74 Å². The maximum Gasteiger partial charge on any atom is 0.272 e. The third-order valence-corrected chi connectivity index (χ3v) is 7.97. The van der Waals surface area contributed by atoms with Crippen LogP contribution >= 0.6 is 28.4 Å². The molecule has 5 rings (SSSR count). The molecule has 1 amide bonds. The van der Waals surface area contributed by atoms with Crippen molar-refractivity contribution in [2.75, 3.05) is 20.2 Å². The number of aromatic nitrogens is 6. The van der Waals surface area contributed by atoms with Crippen molar-refractivity contribution >= 4 is 57.4 Å². The van der Waals surface area contributed by atoms with Gasteiger partial charge in [0.25, 0.3) is 5.91 Å². The smallest absolute Gasteiger partial charge is 0.272 e. The van der Waals surface area contributed by atoms with Crippen LogP contribution in [-0.4, -0.2) is 60.1 Å². The first-order valence-corrected chi connectivity index (χ1v) is 15.0. The molecule has 0 radical (unpaired) electrons. The lowest BCUT2D eigenvalue weighted by Crippen LogP contribution is -2.32. The van der Waals surface area contributed by atoms with Gasteiger partial charge in [-0.25, -0.2) is 9.13 Å². The topological polar surface area (TPSA) is 83.0 Å². The zero-order chi connectivity index (χ0) is 24.0. The van der Waals surface area contributed by atoms with Crippen LogP contribution in [-0.2, 0) is 20.5 Å². The molecule has 4 aromatic rings. The van der Waals surface area contributed by atoms with Gasteiger partial charge in [-0.3, -0.25) is 9.48 Å². The summed E-state index contributed by atoms with van der Waals surface area (Å²) in [6, 6.07) is 6.32. The Bertz CT molecular complexity index is 1430. The Hall–Kier alpha value is -2.72. The molecule has 1 aromatic carbocycles. The highest BCUT2D eigenvalue weighted by molar-refractivity contribution is 14.2. The molecule has 1 aliphatic rings. The van der Waals surface area contributed by atoms with Gasteiger partial charge in [0, 0.05) is 32.1 Å². The molecule has 34 heavy (non-hydrogen) atoms. The summed E-state index contributed by atoms with van der Waals surface area (Å²) in [7, 11) is 5.46. The second-order valence-electron chi connectivity index (χ2n) is 8.20. The van der Waals surface area contributed by atoms with Crippen LogP contribution in [0.15, 0.2) is 24.4 Å². The largest absolute Gasteiger partial charge is 0.476 e. The van der Waals surface area contributed by atoms with Crippen molar-refractivity contribution in [1.29, 1.82) is 0 Å². The number of hydrogen-bond acceptors (Lipinski definition) is 5. The predicted molar refractivity (Wildman–Crippen MR) is 144 cm³/mol. The number of hydrogen-bond donors (Lipinski definition) is 0. The van der Waals surface area contributed by atoms with E-state index in [0.717, 1.165) is 45.4 Å². The minimum Gasteiger partial charge on any atom is -0.476 e. The summed E-state index contributed by atoms with van der Waals surface area (Å²) in [5.74, 6) is 0.577. The molecule has 1 atom stereocenters. The van der Waals surface area contributed by atoms with E-state index in [4.69, 9.17) is 9.84 Å². The van der Waals surface area contributed by atoms with Crippen molar-refractivity contribution < 1.29 is 9.53 Å². The number of rotatable bonds is 2. The van der Waals surface area contributed by atoms with Crippen LogP contribution in [0.3, 0.4) is 0 Å². The van der Waals surface area contributed by atoms with Crippen LogP contribution in [0.25, 0.3) is 34.2 Å². The molecule has 9 nitrogen and oxygen atoms in total. The van der Waals surface area contributed by atoms with Gasteiger partial charge in [0.15, 0.2) is 0 Å². The molecule has 176 valence electrons. The molecule has 2 bridgehead atoms. The van der Waals surface area contributed by atoms with Crippen molar-refractivity contribution in [3.05, 3.63) is 47.0 Å². The Morgan fingerprint density at radius 3 is 2.74 bits per heavy atom. The number of ether oxygens (including phenoxy) is 1. The zero-order valence-corrected chi connectivity index (χ0v) is 22.6. The first-order valence-electron chi connectivity index (χ1n) is 11.0. The number of benzene rings is 1. The molecule has 11 heteroatoms. The summed E-state index contributed by atoms with van der Waals surface area (Å²) in [4.78, 5) is 15.1. The Kier molecular flexibility index (Phi) is 6.20. The van der Waals surface area contributed by atoms with Crippen LogP contribution in [0.4, 0.5) is 0 Å². The highest BCUT2D eigenvalue weighted by Gasteiger charge is 2.24. The van der Waals surface area contributed by atoms with E-state index in [2.05, 4.69) is 50.4 Å². The average Bonchev–Trinajstić information content (AvgIpc) is 3.48. The van der Waals surface area contributed by atoms with Gasteiger partial charge in [-0.2, -0.15) is 15.3 Å². The number of amides is 1. The molecule has 1 aliphatic heterocycles. The Labute approximate surface area is 212 Å². The maximum atomic E-state index is 13.4. The van der Waals surface area contributed by atoms with E-state index in [-0.39, 0.29) is 5.91 Å². The minimum atomic E-state index is -0.0944. The zero-order valence-electron chi connectivity index (χ0n) is 19.4. The van der Waals surface area contributed by atoms with E-state index in [0.29, 0.717) is 31.1 Å². The molecule has 1 unspecified atom stereocenters. The highest BCUT2D eigenvalue weighted by atomic mass is 127. The van der Waals surface area contributed by atoms with Gasteiger partial charge in [0.1, 0.15) is 12.3 Å². The van der Waals surface area contributed by atoms with Crippen LogP contribution in [0, 0.1) is 0 Å². The van der Waals surface area contributed by atoms with Crippen molar-refractivity contribution in [3.8, 4) is 17.0 Å². The molecule has 0 aliphatic carbocycles. The molecular formula is C23H25IN7O2P. The number of carbonyl (C=O) groups is 1. The molecular weight excluding hydrogens is 564 g/mol. The van der Waals surface area contributed by atoms with Gasteiger partial charge < -0.3 is 9.64 Å². The number of carbonyl (C=O) groups excluding carboxylic acids is 1. The van der Waals surface area contributed by atoms with Crippen LogP contribution in [0.2, 0.25) is 0 Å². The summed E-state index contributed by atoms with van der Waals surface area (Å²) < 4.78 is 11.5. The third-order valence-electron chi connectivity index (χ3n) is 6.10. The van der Waals surface area contributed by atoms with E-state index >= 15 is 0 Å². The summed E-state index contributed by atoms with van der Waals surface area (Å²) >= 11 is 2.34. The van der Waals surface area contributed by atoms with E-state index in [1.807, 2.05) is 43.8 Å². The summed E-state index contributed by atoms with van der Waals surface area (Å²) in [6.45, 7) is 2.83. The molecule has 0 N–H and O–H groups in total. The second-order valence-corrected chi connectivity index (χ2v) is 10.2. The normalized spacial score (nSPS) is 15.4. The first kappa shape index (κ1) is 23.0. The summed E-state index contributed by atoms with van der Waals surface area (Å²) in [5, 5.41) is 14.9. The van der Waals surface area contributed by atoms with Crippen LogP contribution in [0.1, 0.15) is 34.4 Å². The Balaban J connectivity index is 1.75. The SMILES string of the molecule is CCc1nn(C)c2c1/C=C/c1nn(PI)c3ccc(cc13)-c1cnn(C)c1OCCN(C)C2=O. The molecule has 3 aromatic heterocycles. The van der Waals surface area contributed by atoms with Gasteiger partial charge in [-0.05, 0) is 58.3 Å². The summed E-state index contributed by atoms with van der Waals surface area (Å²) in [5.41, 5.74) is 6.11. The standard InChI is InChI=1S/C23H25IN7O2P/c1-5-18-15-7-8-19-16-12-14(6-9-20(16)31(27-19)34-24)17-13-25-30(4)23(17)33-11-10-28(2)22(32)21(15)29(3)26-18/h6-9,12-13,34H,5,10-11H2,1-4H3/b8-7+. The highest BCUT2D eigenvalue weighted by Crippen LogP contribution is 2.36. The molecule has 0 fully saturated rings. The number of halogens is 1. The second kappa shape index (κ2) is 9.14. The van der Waals surface area contributed by atoms with Gasteiger partial charge in [0.05, 0.1) is 41.6 Å². The monoisotopic (exact) mass is 589 g/mol. The number of aryl methyl sites for hydroxylation is 3. The molecule has 0 saturated carbocycles. The average molecular weight is 589 g/mol. The lowest BCUT2D eigenvalue weighted by Gasteiger charge is -2.18. The summed E-state index contributed by atoms with van der Waals surface area (Å²) in [6.07, 6.45) is 6.98. The van der Waals surface area contributed by atoms with Crippen molar-refractivity contribution in [2.45, 2.75) is 13.3 Å². The number of likely N-dealkylation sites (N-methyl/N-ethyl adjacent to an activating group) is 1. The number of nitrogens with zero attached hydrogens (tertiary/aromatic N) is 7. The van der Waals surface area contributed by atoms with Gasteiger partial charge in [-0.15, -0.1) is 0 Å². The third kappa shape index (κ3) is 3.82. The fraction of sp³-hybridized carbons (Fsp3) is 0.304.